The van der Waals surface area contributed by atoms with E-state index in [1.54, 1.807) is 0 Å². The molecule has 0 bridgehead atoms. The zero-order valence-corrected chi connectivity index (χ0v) is 31.8. The van der Waals surface area contributed by atoms with Crippen molar-refractivity contribution in [3.05, 3.63) is 187 Å². The summed E-state index contributed by atoms with van der Waals surface area (Å²) in [7, 11) is 0. The highest BCUT2D eigenvalue weighted by molar-refractivity contribution is 7.26. The molecule has 1 aliphatic carbocycles. The largest absolute Gasteiger partial charge is 0.208 e. The van der Waals surface area contributed by atoms with Gasteiger partial charge in [0, 0.05) is 47.8 Å². The first-order valence-electron chi connectivity index (χ1n) is 19.1. The van der Waals surface area contributed by atoms with E-state index < -0.39 is 0 Å². The van der Waals surface area contributed by atoms with Gasteiger partial charge in [0.1, 0.15) is 0 Å². The molecular weight excluding hydrogens is 699 g/mol. The van der Waals surface area contributed by atoms with E-state index in [9.17, 15) is 0 Å². The highest BCUT2D eigenvalue weighted by atomic mass is 32.1. The van der Waals surface area contributed by atoms with Crippen LogP contribution < -0.4 is 0 Å². The molecule has 10 aromatic rings. The molecule has 0 N–H and O–H groups in total. The maximum atomic E-state index is 5.21. The quantitative estimate of drug-likeness (QED) is 0.177. The molecule has 0 fully saturated rings. The summed E-state index contributed by atoms with van der Waals surface area (Å²) in [4.78, 5) is 15.4. The van der Waals surface area contributed by atoms with E-state index in [0.717, 1.165) is 22.3 Å². The van der Waals surface area contributed by atoms with E-state index >= 15 is 0 Å². The van der Waals surface area contributed by atoms with E-state index in [1.165, 1.54) is 69.9 Å². The number of hydrogen-bond acceptors (Lipinski definition) is 4. The third-order valence-corrected chi connectivity index (χ3v) is 12.8. The summed E-state index contributed by atoms with van der Waals surface area (Å²) in [6, 6.07) is 63.0. The van der Waals surface area contributed by atoms with Crippen molar-refractivity contribution in [1.29, 1.82) is 0 Å². The fraction of sp³-hybridized carbons (Fsp3) is 0.0577. The molecule has 2 aromatic heterocycles. The molecule has 264 valence electrons. The number of thiophene rings is 1. The second kappa shape index (κ2) is 12.7. The van der Waals surface area contributed by atoms with E-state index in [4.69, 9.17) is 15.0 Å². The second-order valence-electron chi connectivity index (χ2n) is 15.1. The van der Waals surface area contributed by atoms with Gasteiger partial charge in [0.25, 0.3) is 0 Å². The van der Waals surface area contributed by atoms with Crippen LogP contribution in [0.1, 0.15) is 25.0 Å². The van der Waals surface area contributed by atoms with Crippen molar-refractivity contribution in [3.63, 3.8) is 0 Å². The van der Waals surface area contributed by atoms with Crippen LogP contribution in [0.2, 0.25) is 0 Å². The Balaban J connectivity index is 1.03. The minimum absolute atomic E-state index is 0.121. The van der Waals surface area contributed by atoms with Gasteiger partial charge < -0.3 is 0 Å². The lowest BCUT2D eigenvalue weighted by Gasteiger charge is -2.21. The summed E-state index contributed by atoms with van der Waals surface area (Å²) in [5, 5.41) is 5.10. The van der Waals surface area contributed by atoms with Crippen molar-refractivity contribution >= 4 is 42.3 Å². The fourth-order valence-corrected chi connectivity index (χ4v) is 10.1. The average Bonchev–Trinajstić information content (AvgIpc) is 3.76. The lowest BCUT2D eigenvalue weighted by atomic mass is 9.82. The van der Waals surface area contributed by atoms with Crippen molar-refractivity contribution < 1.29 is 0 Å². The number of aromatic nitrogens is 3. The van der Waals surface area contributed by atoms with Crippen LogP contribution in [0.3, 0.4) is 0 Å². The van der Waals surface area contributed by atoms with E-state index in [0.29, 0.717) is 17.5 Å². The normalized spacial score (nSPS) is 13.0. The molecule has 0 saturated heterocycles. The third kappa shape index (κ3) is 5.07. The molecule has 0 spiro atoms. The highest BCUT2D eigenvalue weighted by Gasteiger charge is 2.37. The molecule has 0 atom stereocenters. The molecule has 0 aliphatic heterocycles. The third-order valence-electron chi connectivity index (χ3n) is 11.6. The number of hydrogen-bond donors (Lipinski definition) is 0. The van der Waals surface area contributed by atoms with E-state index in [2.05, 4.69) is 172 Å². The summed E-state index contributed by atoms with van der Waals surface area (Å²) in [6.07, 6.45) is 0. The van der Waals surface area contributed by atoms with Gasteiger partial charge in [-0.15, -0.1) is 11.3 Å². The van der Waals surface area contributed by atoms with Gasteiger partial charge in [0.15, 0.2) is 17.5 Å². The average molecular weight is 734 g/mol. The zero-order valence-electron chi connectivity index (χ0n) is 31.0. The van der Waals surface area contributed by atoms with Crippen LogP contribution in [-0.4, -0.2) is 15.0 Å². The first kappa shape index (κ1) is 32.7. The predicted molar refractivity (Wildman–Crippen MR) is 235 cm³/mol. The topological polar surface area (TPSA) is 38.7 Å². The van der Waals surface area contributed by atoms with Gasteiger partial charge in [-0.25, -0.2) is 15.0 Å². The predicted octanol–water partition coefficient (Wildman–Crippen LogP) is 14.0. The molecule has 56 heavy (non-hydrogen) atoms. The number of benzene rings is 8. The lowest BCUT2D eigenvalue weighted by molar-refractivity contribution is 0.660. The van der Waals surface area contributed by atoms with Crippen LogP contribution in [-0.2, 0) is 5.41 Å². The number of nitrogens with zero attached hydrogens (tertiary/aromatic N) is 3. The monoisotopic (exact) mass is 733 g/mol. The molecule has 2 heterocycles. The fourth-order valence-electron chi connectivity index (χ4n) is 8.83. The lowest BCUT2D eigenvalue weighted by Crippen LogP contribution is -2.14. The molecule has 0 unspecified atom stereocenters. The molecule has 8 aromatic carbocycles. The number of rotatable bonds is 5. The molecule has 3 nitrogen and oxygen atoms in total. The van der Waals surface area contributed by atoms with Crippen LogP contribution in [0, 0.1) is 0 Å². The second-order valence-corrected chi connectivity index (χ2v) is 16.2. The Morgan fingerprint density at radius 3 is 1.70 bits per heavy atom. The van der Waals surface area contributed by atoms with Crippen LogP contribution in [0.15, 0.2) is 176 Å². The summed E-state index contributed by atoms with van der Waals surface area (Å²) >= 11 is 1.88. The molecule has 11 rings (SSSR count). The van der Waals surface area contributed by atoms with Crippen LogP contribution in [0.5, 0.6) is 0 Å². The van der Waals surface area contributed by atoms with Crippen LogP contribution in [0.4, 0.5) is 0 Å². The van der Waals surface area contributed by atoms with Gasteiger partial charge in [-0.05, 0) is 55.8 Å². The number of fused-ring (bicyclic) bond motifs is 7. The Hall–Kier alpha value is -6.75. The van der Waals surface area contributed by atoms with Crippen molar-refractivity contribution in [3.8, 4) is 67.5 Å². The summed E-state index contributed by atoms with van der Waals surface area (Å²) in [5.74, 6) is 1.99. The molecule has 0 radical (unpaired) electrons. The maximum absolute atomic E-state index is 5.21. The van der Waals surface area contributed by atoms with Crippen LogP contribution in [0.25, 0.3) is 98.5 Å². The minimum Gasteiger partial charge on any atom is -0.208 e. The zero-order chi connectivity index (χ0) is 37.4. The first-order valence-corrected chi connectivity index (χ1v) is 19.9. The summed E-state index contributed by atoms with van der Waals surface area (Å²) in [5.41, 5.74) is 12.8. The molecule has 1 aliphatic rings. The van der Waals surface area contributed by atoms with Gasteiger partial charge in [0.05, 0.1) is 0 Å². The molecular formula is C52H35N3S. The van der Waals surface area contributed by atoms with Crippen LogP contribution >= 0.6 is 11.3 Å². The van der Waals surface area contributed by atoms with Crippen molar-refractivity contribution in [2.75, 3.05) is 0 Å². The highest BCUT2D eigenvalue weighted by Crippen LogP contribution is 2.52. The van der Waals surface area contributed by atoms with Crippen molar-refractivity contribution in [2.24, 2.45) is 0 Å². The smallest absolute Gasteiger partial charge is 0.164 e. The standard InChI is InChI=1S/C52H35N3S/c1-52(2)44-23-10-8-19-42(44)47-43(22-13-24-45(47)52)51-54-49(33-14-4-3-5-15-33)53-50(55-51)34-28-26-32(27-29-34)35-30-31-38(37-17-7-6-16-36(35)37)40-20-12-21-41-39-18-9-11-25-46(39)56-48(40)41/h3-31H,1-2H3. The first-order chi connectivity index (χ1) is 27.5. The van der Waals surface area contributed by atoms with Crippen molar-refractivity contribution in [2.45, 2.75) is 19.3 Å². The van der Waals surface area contributed by atoms with E-state index in [1.807, 2.05) is 29.5 Å². The Morgan fingerprint density at radius 1 is 0.357 bits per heavy atom. The SMILES string of the molecule is CC1(C)c2ccccc2-c2c(-c3nc(-c4ccccc4)nc(-c4ccc(-c5ccc(-c6cccc7c6sc6ccccc67)c6ccccc56)cc4)n3)cccc21. The van der Waals surface area contributed by atoms with Gasteiger partial charge in [-0.2, -0.15) is 0 Å². The van der Waals surface area contributed by atoms with Gasteiger partial charge in [0.2, 0.25) is 0 Å². The van der Waals surface area contributed by atoms with Gasteiger partial charge in [-0.3, -0.25) is 0 Å². The molecule has 0 saturated carbocycles. The molecule has 4 heteroatoms. The van der Waals surface area contributed by atoms with Gasteiger partial charge >= 0.3 is 0 Å². The minimum atomic E-state index is -0.121. The maximum Gasteiger partial charge on any atom is 0.164 e. The van der Waals surface area contributed by atoms with Gasteiger partial charge in [-0.1, -0.05) is 184 Å². The Kier molecular flexibility index (Phi) is 7.38. The van der Waals surface area contributed by atoms with E-state index in [-0.39, 0.29) is 5.41 Å². The van der Waals surface area contributed by atoms with Crippen molar-refractivity contribution in [1.82, 2.24) is 15.0 Å². The Morgan fingerprint density at radius 2 is 0.893 bits per heavy atom. The Bertz CT molecular complexity index is 3160. The molecule has 0 amide bonds. The Labute approximate surface area is 329 Å². The summed E-state index contributed by atoms with van der Waals surface area (Å²) in [6.45, 7) is 4.61. The summed E-state index contributed by atoms with van der Waals surface area (Å²) < 4.78 is 2.65.